The van der Waals surface area contributed by atoms with Crippen molar-refractivity contribution in [2.24, 2.45) is 0 Å². The lowest BCUT2D eigenvalue weighted by atomic mass is 10.2. The Morgan fingerprint density at radius 3 is 2.47 bits per heavy atom. The van der Waals surface area contributed by atoms with Crippen molar-refractivity contribution in [3.63, 3.8) is 0 Å². The van der Waals surface area contributed by atoms with E-state index in [4.69, 9.17) is 14.6 Å². The molecule has 2 aromatic heterocycles. The third kappa shape index (κ3) is 1.71. The number of carbonyl (C=O) groups excluding carboxylic acids is 1. The highest BCUT2D eigenvalue weighted by Crippen LogP contribution is 2.17. The molecule has 0 bridgehead atoms. The molecule has 86 valence electrons. The first kappa shape index (κ1) is 10.7. The Morgan fingerprint density at radius 1 is 1.24 bits per heavy atom. The lowest BCUT2D eigenvalue weighted by Crippen LogP contribution is -2.10. The van der Waals surface area contributed by atoms with Gasteiger partial charge in [0, 0.05) is 0 Å². The number of oxazole rings is 1. The summed E-state index contributed by atoms with van der Waals surface area (Å²) in [5.41, 5.74) is -1.38. The molecule has 0 saturated heterocycles. The molecule has 0 aliphatic heterocycles. The van der Waals surface area contributed by atoms with Gasteiger partial charge in [-0.25, -0.2) is 19.6 Å². The number of carboxylic acid groups (broad SMARTS) is 2. The van der Waals surface area contributed by atoms with Gasteiger partial charge in [-0.15, -0.1) is 0 Å². The summed E-state index contributed by atoms with van der Waals surface area (Å²) >= 11 is 0. The van der Waals surface area contributed by atoms with Crippen molar-refractivity contribution in [2.45, 2.75) is 0 Å². The third-order valence-electron chi connectivity index (χ3n) is 1.93. The van der Waals surface area contributed by atoms with Crippen LogP contribution in [0.3, 0.4) is 0 Å². The van der Waals surface area contributed by atoms with Crippen LogP contribution in [0.1, 0.15) is 31.5 Å². The Morgan fingerprint density at radius 2 is 1.94 bits per heavy atom. The average molecular weight is 236 g/mol. The molecule has 0 radical (unpaired) electrons. The molecule has 8 heteroatoms. The second kappa shape index (κ2) is 3.67. The van der Waals surface area contributed by atoms with E-state index in [1.807, 2.05) is 0 Å². The molecule has 2 heterocycles. The van der Waals surface area contributed by atoms with Crippen LogP contribution in [0.15, 0.2) is 10.5 Å². The van der Waals surface area contributed by atoms with Gasteiger partial charge >= 0.3 is 11.9 Å². The predicted octanol–water partition coefficient (Wildman–Crippen LogP) is 0.432. The fourth-order valence-electron chi connectivity index (χ4n) is 1.26. The fourth-order valence-corrected chi connectivity index (χ4v) is 1.26. The van der Waals surface area contributed by atoms with Crippen molar-refractivity contribution in [1.29, 1.82) is 0 Å². The van der Waals surface area contributed by atoms with E-state index >= 15 is 0 Å². The molecule has 0 aromatic carbocycles. The number of aldehydes is 1. The molecule has 0 fully saturated rings. The van der Waals surface area contributed by atoms with E-state index in [-0.39, 0.29) is 17.1 Å². The molecule has 17 heavy (non-hydrogen) atoms. The normalized spacial score (nSPS) is 10.4. The van der Waals surface area contributed by atoms with Crippen molar-refractivity contribution in [2.75, 3.05) is 0 Å². The second-order valence-electron chi connectivity index (χ2n) is 2.99. The molecule has 8 nitrogen and oxygen atoms in total. The van der Waals surface area contributed by atoms with Crippen LogP contribution in [-0.2, 0) is 0 Å². The van der Waals surface area contributed by atoms with Crippen molar-refractivity contribution >= 4 is 29.5 Å². The molecule has 0 saturated carbocycles. The van der Waals surface area contributed by atoms with Crippen LogP contribution in [0.2, 0.25) is 0 Å². The average Bonchev–Trinajstić information content (AvgIpc) is 2.68. The molecular formula is C9H4N2O6. The van der Waals surface area contributed by atoms with E-state index in [2.05, 4.69) is 9.97 Å². The monoisotopic (exact) mass is 236 g/mol. The lowest BCUT2D eigenvalue weighted by Gasteiger charge is -1.98. The van der Waals surface area contributed by atoms with Crippen molar-refractivity contribution in [3.8, 4) is 0 Å². The maximum absolute atomic E-state index is 10.8. The van der Waals surface area contributed by atoms with Crippen LogP contribution in [0.5, 0.6) is 0 Å². The van der Waals surface area contributed by atoms with Gasteiger partial charge in [0.25, 0.3) is 5.89 Å². The van der Waals surface area contributed by atoms with Crippen LogP contribution >= 0.6 is 0 Å². The zero-order chi connectivity index (χ0) is 12.6. The fraction of sp³-hybridized carbons (Fsp3) is 0. The Bertz CT molecular complexity index is 593. The first-order valence-electron chi connectivity index (χ1n) is 4.26. The Balaban J connectivity index is 2.78. The predicted molar refractivity (Wildman–Crippen MR) is 51.1 cm³/mol. The van der Waals surface area contributed by atoms with E-state index in [1.54, 1.807) is 0 Å². The largest absolute Gasteiger partial charge is 0.478 e. The summed E-state index contributed by atoms with van der Waals surface area (Å²) in [4.78, 5) is 39.1. The van der Waals surface area contributed by atoms with Crippen LogP contribution in [0, 0.1) is 0 Å². The number of hydrogen-bond donors (Lipinski definition) is 2. The minimum Gasteiger partial charge on any atom is -0.478 e. The molecular weight excluding hydrogens is 232 g/mol. The summed E-state index contributed by atoms with van der Waals surface area (Å²) in [5.74, 6) is -3.26. The highest BCUT2D eigenvalue weighted by molar-refractivity contribution is 6.02. The number of aromatic nitrogens is 2. The van der Waals surface area contributed by atoms with Gasteiger partial charge in [-0.2, -0.15) is 0 Å². The van der Waals surface area contributed by atoms with Gasteiger partial charge in [-0.3, -0.25) is 4.79 Å². The highest BCUT2D eigenvalue weighted by atomic mass is 16.4. The molecule has 0 spiro atoms. The summed E-state index contributed by atoms with van der Waals surface area (Å²) in [6.07, 6.45) is 0.308. The lowest BCUT2D eigenvalue weighted by molar-refractivity contribution is 0.0646. The van der Waals surface area contributed by atoms with Crippen LogP contribution in [0.25, 0.3) is 11.2 Å². The number of rotatable bonds is 3. The Labute approximate surface area is 92.5 Å². The first-order chi connectivity index (χ1) is 8.02. The van der Waals surface area contributed by atoms with Crippen LogP contribution in [0.4, 0.5) is 0 Å². The van der Waals surface area contributed by atoms with Crippen LogP contribution in [-0.4, -0.2) is 38.4 Å². The summed E-state index contributed by atoms with van der Waals surface area (Å²) in [7, 11) is 0. The van der Waals surface area contributed by atoms with Gasteiger partial charge in [0.05, 0.1) is 5.56 Å². The number of hydrogen-bond acceptors (Lipinski definition) is 6. The van der Waals surface area contributed by atoms with E-state index in [0.29, 0.717) is 6.29 Å². The summed E-state index contributed by atoms with van der Waals surface area (Å²) < 4.78 is 4.80. The molecule has 2 N–H and O–H groups in total. The zero-order valence-corrected chi connectivity index (χ0v) is 8.08. The number of carboxylic acids is 2. The molecule has 0 amide bonds. The third-order valence-corrected chi connectivity index (χ3v) is 1.93. The molecule has 0 aliphatic rings. The second-order valence-corrected chi connectivity index (χ2v) is 2.99. The molecule has 2 aromatic rings. The minimum atomic E-state index is -1.51. The molecule has 2 rings (SSSR count). The quantitative estimate of drug-likeness (QED) is 0.733. The number of fused-ring (bicyclic) bond motifs is 1. The maximum atomic E-state index is 10.8. The van der Waals surface area contributed by atoms with Gasteiger partial charge in [0.15, 0.2) is 5.69 Å². The summed E-state index contributed by atoms with van der Waals surface area (Å²) in [6, 6.07) is 0.991. The van der Waals surface area contributed by atoms with Gasteiger partial charge in [-0.1, -0.05) is 0 Å². The minimum absolute atomic E-state index is 0.00880. The Kier molecular flexibility index (Phi) is 2.32. The van der Waals surface area contributed by atoms with Gasteiger partial charge in [0.2, 0.25) is 12.0 Å². The smallest absolute Gasteiger partial charge is 0.355 e. The van der Waals surface area contributed by atoms with Crippen molar-refractivity contribution < 1.29 is 29.0 Å². The first-order valence-corrected chi connectivity index (χ1v) is 4.26. The van der Waals surface area contributed by atoms with Crippen LogP contribution < -0.4 is 0 Å². The number of nitrogens with zero attached hydrogens (tertiary/aromatic N) is 2. The molecule has 0 aliphatic carbocycles. The van der Waals surface area contributed by atoms with Gasteiger partial charge < -0.3 is 14.6 Å². The Hall–Kier alpha value is -2.77. The molecule has 0 atom stereocenters. The summed E-state index contributed by atoms with van der Waals surface area (Å²) in [5, 5.41) is 17.6. The van der Waals surface area contributed by atoms with E-state index < -0.39 is 23.2 Å². The maximum Gasteiger partial charge on any atom is 0.355 e. The number of pyridine rings is 1. The van der Waals surface area contributed by atoms with Crippen molar-refractivity contribution in [1.82, 2.24) is 9.97 Å². The zero-order valence-electron chi connectivity index (χ0n) is 8.08. The van der Waals surface area contributed by atoms with E-state index in [1.165, 1.54) is 0 Å². The topological polar surface area (TPSA) is 131 Å². The van der Waals surface area contributed by atoms with Crippen molar-refractivity contribution in [3.05, 3.63) is 23.2 Å². The van der Waals surface area contributed by atoms with E-state index in [0.717, 1.165) is 6.07 Å². The van der Waals surface area contributed by atoms with E-state index in [9.17, 15) is 14.4 Å². The molecule has 0 unspecified atom stereocenters. The standard InChI is InChI=1S/C9H4N2O6/c12-2-5-10-4-1-3(8(13)14)6(9(15)16)11-7(4)17-5/h1-2H,(H,13,14)(H,15,16). The van der Waals surface area contributed by atoms with Gasteiger partial charge in [-0.05, 0) is 6.07 Å². The number of carbonyl (C=O) groups is 3. The SMILES string of the molecule is O=Cc1nc2cc(C(=O)O)c(C(=O)O)nc2o1. The summed E-state index contributed by atoms with van der Waals surface area (Å²) in [6.45, 7) is 0. The highest BCUT2D eigenvalue weighted by Gasteiger charge is 2.21. The van der Waals surface area contributed by atoms with Gasteiger partial charge in [0.1, 0.15) is 5.52 Å². The number of aromatic carboxylic acids is 2.